The number of nitrogens with one attached hydrogen (secondary N) is 1. The van der Waals surface area contributed by atoms with Crippen molar-refractivity contribution < 1.29 is 4.79 Å². The fourth-order valence-corrected chi connectivity index (χ4v) is 2.86. The standard InChI is InChI=1S/C16H25N3O2/c1-12(2)11-18-5-4-6-19(8-7-18)16(21)14-9-13(3)17-15(20)10-14/h9-10,12H,4-8,11H2,1-3H3,(H,17,20). The predicted molar refractivity (Wildman–Crippen MR) is 83.6 cm³/mol. The van der Waals surface area contributed by atoms with Crippen molar-refractivity contribution >= 4 is 5.91 Å². The molecule has 1 aliphatic rings. The zero-order valence-electron chi connectivity index (χ0n) is 13.2. The van der Waals surface area contributed by atoms with Crippen LogP contribution >= 0.6 is 0 Å². The molecular formula is C16H25N3O2. The highest BCUT2D eigenvalue weighted by atomic mass is 16.2. The van der Waals surface area contributed by atoms with Gasteiger partial charge in [0.1, 0.15) is 0 Å². The van der Waals surface area contributed by atoms with Gasteiger partial charge in [-0.25, -0.2) is 0 Å². The normalized spacial score (nSPS) is 17.0. The number of pyridine rings is 1. The lowest BCUT2D eigenvalue weighted by Crippen LogP contribution is -2.36. The molecule has 1 aliphatic heterocycles. The van der Waals surface area contributed by atoms with E-state index < -0.39 is 0 Å². The van der Waals surface area contributed by atoms with Crippen molar-refractivity contribution in [1.82, 2.24) is 14.8 Å². The van der Waals surface area contributed by atoms with Crippen LogP contribution in [0.2, 0.25) is 0 Å². The Morgan fingerprint density at radius 3 is 2.67 bits per heavy atom. The minimum atomic E-state index is -0.213. The average molecular weight is 291 g/mol. The highest BCUT2D eigenvalue weighted by Crippen LogP contribution is 2.10. The SMILES string of the molecule is Cc1cc(C(=O)N2CCCN(CC(C)C)CC2)cc(=O)[nH]1. The van der Waals surface area contributed by atoms with E-state index in [1.807, 2.05) is 4.90 Å². The Morgan fingerprint density at radius 2 is 2.00 bits per heavy atom. The van der Waals surface area contributed by atoms with Crippen LogP contribution in [0.3, 0.4) is 0 Å². The molecule has 0 radical (unpaired) electrons. The van der Waals surface area contributed by atoms with Gasteiger partial charge in [-0.15, -0.1) is 0 Å². The van der Waals surface area contributed by atoms with Crippen LogP contribution in [0.25, 0.3) is 0 Å². The highest BCUT2D eigenvalue weighted by Gasteiger charge is 2.21. The predicted octanol–water partition coefficient (Wildman–Crippen LogP) is 1.49. The first kappa shape index (κ1) is 15.8. The van der Waals surface area contributed by atoms with E-state index in [0.717, 1.165) is 44.8 Å². The molecule has 1 amide bonds. The van der Waals surface area contributed by atoms with Gasteiger partial charge in [-0.1, -0.05) is 13.8 Å². The summed E-state index contributed by atoms with van der Waals surface area (Å²) in [6.45, 7) is 10.7. The molecule has 2 rings (SSSR count). The van der Waals surface area contributed by atoms with E-state index in [9.17, 15) is 9.59 Å². The third-order valence-corrected chi connectivity index (χ3v) is 3.73. The van der Waals surface area contributed by atoms with E-state index in [-0.39, 0.29) is 11.5 Å². The van der Waals surface area contributed by atoms with Crippen LogP contribution in [0.15, 0.2) is 16.9 Å². The number of rotatable bonds is 3. The van der Waals surface area contributed by atoms with Gasteiger partial charge in [0.25, 0.3) is 5.91 Å². The van der Waals surface area contributed by atoms with Gasteiger partial charge in [0.05, 0.1) is 0 Å². The fourth-order valence-electron chi connectivity index (χ4n) is 2.86. The second-order valence-electron chi connectivity index (χ2n) is 6.26. The zero-order chi connectivity index (χ0) is 15.4. The van der Waals surface area contributed by atoms with E-state index in [1.165, 1.54) is 6.07 Å². The van der Waals surface area contributed by atoms with Gasteiger partial charge in [-0.05, 0) is 31.9 Å². The summed E-state index contributed by atoms with van der Waals surface area (Å²) in [5.74, 6) is 0.609. The molecule has 5 nitrogen and oxygen atoms in total. The number of aromatic nitrogens is 1. The summed E-state index contributed by atoms with van der Waals surface area (Å²) in [4.78, 5) is 31.0. The molecule has 5 heteroatoms. The summed E-state index contributed by atoms with van der Waals surface area (Å²) < 4.78 is 0. The molecule has 1 aromatic heterocycles. The molecule has 0 saturated carbocycles. The van der Waals surface area contributed by atoms with E-state index in [2.05, 4.69) is 23.7 Å². The third-order valence-electron chi connectivity index (χ3n) is 3.73. The summed E-state index contributed by atoms with van der Waals surface area (Å²) in [6.07, 6.45) is 0.987. The molecule has 2 heterocycles. The topological polar surface area (TPSA) is 56.4 Å². The Labute approximate surface area is 126 Å². The quantitative estimate of drug-likeness (QED) is 0.918. The molecule has 0 aliphatic carbocycles. The first-order valence-corrected chi connectivity index (χ1v) is 7.68. The summed E-state index contributed by atoms with van der Waals surface area (Å²) in [5.41, 5.74) is 1.00. The van der Waals surface area contributed by atoms with E-state index in [0.29, 0.717) is 11.5 Å². The van der Waals surface area contributed by atoms with Gasteiger partial charge in [0.2, 0.25) is 5.56 Å². The number of amides is 1. The summed E-state index contributed by atoms with van der Waals surface area (Å²) in [5, 5.41) is 0. The van der Waals surface area contributed by atoms with Crippen molar-refractivity contribution in [1.29, 1.82) is 0 Å². The molecule has 1 aromatic rings. The zero-order valence-corrected chi connectivity index (χ0v) is 13.2. The Bertz CT molecular complexity index is 551. The van der Waals surface area contributed by atoms with Gasteiger partial charge in [-0.2, -0.15) is 0 Å². The maximum atomic E-state index is 12.5. The van der Waals surface area contributed by atoms with Crippen LogP contribution in [0.1, 0.15) is 36.3 Å². The molecule has 0 unspecified atom stereocenters. The van der Waals surface area contributed by atoms with Gasteiger partial charge in [-0.3, -0.25) is 9.59 Å². The molecule has 116 valence electrons. The minimum Gasteiger partial charge on any atom is -0.337 e. The van der Waals surface area contributed by atoms with Crippen LogP contribution in [0.5, 0.6) is 0 Å². The number of hydrogen-bond acceptors (Lipinski definition) is 3. The highest BCUT2D eigenvalue weighted by molar-refractivity contribution is 5.94. The molecule has 0 aromatic carbocycles. The smallest absolute Gasteiger partial charge is 0.254 e. The lowest BCUT2D eigenvalue weighted by atomic mass is 10.2. The molecule has 21 heavy (non-hydrogen) atoms. The van der Waals surface area contributed by atoms with Crippen LogP contribution in [-0.2, 0) is 0 Å². The fraction of sp³-hybridized carbons (Fsp3) is 0.625. The lowest BCUT2D eigenvalue weighted by Gasteiger charge is -2.23. The Balaban J connectivity index is 2.04. The number of aryl methyl sites for hydroxylation is 1. The van der Waals surface area contributed by atoms with E-state index in [4.69, 9.17) is 0 Å². The molecule has 1 fully saturated rings. The van der Waals surface area contributed by atoms with Crippen LogP contribution in [-0.4, -0.2) is 53.4 Å². The number of hydrogen-bond donors (Lipinski definition) is 1. The monoisotopic (exact) mass is 291 g/mol. The van der Waals surface area contributed by atoms with Crippen molar-refractivity contribution in [2.75, 3.05) is 32.7 Å². The van der Waals surface area contributed by atoms with Gasteiger partial charge < -0.3 is 14.8 Å². The number of H-pyrrole nitrogens is 1. The van der Waals surface area contributed by atoms with E-state index in [1.54, 1.807) is 13.0 Å². The first-order chi connectivity index (χ1) is 9.95. The third kappa shape index (κ3) is 4.43. The number of aromatic amines is 1. The van der Waals surface area contributed by atoms with Crippen molar-refractivity contribution in [3.63, 3.8) is 0 Å². The molecule has 0 atom stereocenters. The van der Waals surface area contributed by atoms with Gasteiger partial charge in [0, 0.05) is 43.5 Å². The molecule has 0 spiro atoms. The van der Waals surface area contributed by atoms with Crippen molar-refractivity contribution in [2.45, 2.75) is 27.2 Å². The van der Waals surface area contributed by atoms with E-state index >= 15 is 0 Å². The first-order valence-electron chi connectivity index (χ1n) is 7.68. The maximum Gasteiger partial charge on any atom is 0.254 e. The van der Waals surface area contributed by atoms with Crippen LogP contribution < -0.4 is 5.56 Å². The Kier molecular flexibility index (Phi) is 5.17. The largest absolute Gasteiger partial charge is 0.337 e. The second kappa shape index (κ2) is 6.89. The van der Waals surface area contributed by atoms with Crippen LogP contribution in [0.4, 0.5) is 0 Å². The maximum absolute atomic E-state index is 12.5. The van der Waals surface area contributed by atoms with Gasteiger partial charge >= 0.3 is 0 Å². The van der Waals surface area contributed by atoms with Crippen molar-refractivity contribution in [2.24, 2.45) is 5.92 Å². The van der Waals surface area contributed by atoms with Crippen molar-refractivity contribution in [3.05, 3.63) is 33.7 Å². The Morgan fingerprint density at radius 1 is 1.24 bits per heavy atom. The lowest BCUT2D eigenvalue weighted by molar-refractivity contribution is 0.0760. The van der Waals surface area contributed by atoms with Gasteiger partial charge in [0.15, 0.2) is 0 Å². The number of carbonyl (C=O) groups is 1. The average Bonchev–Trinajstić information content (AvgIpc) is 2.61. The second-order valence-corrected chi connectivity index (χ2v) is 6.26. The summed E-state index contributed by atoms with van der Waals surface area (Å²) in [6, 6.07) is 3.15. The summed E-state index contributed by atoms with van der Waals surface area (Å²) in [7, 11) is 0. The number of nitrogens with zero attached hydrogens (tertiary/aromatic N) is 2. The minimum absolute atomic E-state index is 0.0319. The molecular weight excluding hydrogens is 266 g/mol. The molecule has 1 saturated heterocycles. The molecule has 1 N–H and O–H groups in total. The van der Waals surface area contributed by atoms with Crippen LogP contribution in [0, 0.1) is 12.8 Å². The van der Waals surface area contributed by atoms with Crippen molar-refractivity contribution in [3.8, 4) is 0 Å². The Hall–Kier alpha value is -1.62. The number of carbonyl (C=O) groups excluding carboxylic acids is 1. The summed E-state index contributed by atoms with van der Waals surface area (Å²) >= 11 is 0. The molecule has 0 bridgehead atoms.